The molecule has 1 N–H and O–H groups in total. The van der Waals surface area contributed by atoms with Crippen LogP contribution in [0.4, 0.5) is 4.39 Å². The number of piperidine rings is 1. The number of ether oxygens (including phenoxy) is 2. The summed E-state index contributed by atoms with van der Waals surface area (Å²) in [5, 5.41) is 3.37. The second kappa shape index (κ2) is 10.9. The van der Waals surface area contributed by atoms with Gasteiger partial charge in [-0.1, -0.05) is 0 Å². The molecule has 25 heavy (non-hydrogen) atoms. The first-order valence-corrected chi connectivity index (χ1v) is 9.26. The van der Waals surface area contributed by atoms with Crippen molar-refractivity contribution < 1.29 is 13.9 Å². The van der Waals surface area contributed by atoms with Gasteiger partial charge in [-0.2, -0.15) is 0 Å². The highest BCUT2D eigenvalue weighted by Gasteiger charge is 2.21. The standard InChI is InChI=1S/C19H30FN3O2/c1-3-21-19(23-13-10-18(11-14-23)24-4-2)22-12-5-15-25-17-8-6-16(20)7-9-17/h6-9,18H,3-5,10-15H2,1-2H3,(H,21,22). The third-order valence-corrected chi connectivity index (χ3v) is 4.13. The molecule has 0 amide bonds. The van der Waals surface area contributed by atoms with Crippen molar-refractivity contribution in [1.29, 1.82) is 0 Å². The van der Waals surface area contributed by atoms with Gasteiger partial charge < -0.3 is 19.7 Å². The molecule has 6 heteroatoms. The summed E-state index contributed by atoms with van der Waals surface area (Å²) in [5.41, 5.74) is 0. The number of aliphatic imine (C=N–C) groups is 1. The summed E-state index contributed by atoms with van der Waals surface area (Å²) in [7, 11) is 0. The minimum Gasteiger partial charge on any atom is -0.494 e. The van der Waals surface area contributed by atoms with Crippen LogP contribution in [0.5, 0.6) is 5.75 Å². The van der Waals surface area contributed by atoms with E-state index in [9.17, 15) is 4.39 Å². The Balaban J connectivity index is 1.73. The molecule has 1 aromatic carbocycles. The predicted molar refractivity (Wildman–Crippen MR) is 98.7 cm³/mol. The molecule has 1 aliphatic rings. The van der Waals surface area contributed by atoms with Crippen LogP contribution in [0.25, 0.3) is 0 Å². The lowest BCUT2D eigenvalue weighted by atomic mass is 10.1. The maximum absolute atomic E-state index is 12.8. The fourth-order valence-corrected chi connectivity index (χ4v) is 2.87. The zero-order valence-corrected chi connectivity index (χ0v) is 15.3. The molecule has 2 rings (SSSR count). The van der Waals surface area contributed by atoms with E-state index in [0.29, 0.717) is 25.0 Å². The van der Waals surface area contributed by atoms with Gasteiger partial charge in [0.1, 0.15) is 11.6 Å². The minimum atomic E-state index is -0.250. The highest BCUT2D eigenvalue weighted by atomic mass is 19.1. The van der Waals surface area contributed by atoms with Crippen LogP contribution >= 0.6 is 0 Å². The van der Waals surface area contributed by atoms with Crippen molar-refractivity contribution in [3.8, 4) is 5.75 Å². The van der Waals surface area contributed by atoms with E-state index in [0.717, 1.165) is 51.5 Å². The number of likely N-dealkylation sites (tertiary alicyclic amines) is 1. The van der Waals surface area contributed by atoms with Crippen molar-refractivity contribution in [3.05, 3.63) is 30.1 Å². The lowest BCUT2D eigenvalue weighted by molar-refractivity contribution is 0.0264. The third-order valence-electron chi connectivity index (χ3n) is 4.13. The molecule has 0 saturated carbocycles. The molecule has 1 fully saturated rings. The first-order chi connectivity index (χ1) is 12.2. The Hall–Kier alpha value is -1.82. The number of hydrogen-bond donors (Lipinski definition) is 1. The van der Waals surface area contributed by atoms with E-state index in [4.69, 9.17) is 14.5 Å². The fourth-order valence-electron chi connectivity index (χ4n) is 2.87. The number of benzene rings is 1. The maximum Gasteiger partial charge on any atom is 0.193 e. The summed E-state index contributed by atoms with van der Waals surface area (Å²) >= 11 is 0. The molecule has 1 saturated heterocycles. The summed E-state index contributed by atoms with van der Waals surface area (Å²) in [6, 6.07) is 6.10. The zero-order valence-electron chi connectivity index (χ0n) is 15.3. The van der Waals surface area contributed by atoms with Crippen molar-refractivity contribution in [2.75, 3.05) is 39.4 Å². The van der Waals surface area contributed by atoms with Crippen molar-refractivity contribution in [3.63, 3.8) is 0 Å². The van der Waals surface area contributed by atoms with Crippen LogP contribution in [0, 0.1) is 5.82 Å². The molecule has 1 aromatic rings. The van der Waals surface area contributed by atoms with E-state index >= 15 is 0 Å². The lowest BCUT2D eigenvalue weighted by Gasteiger charge is -2.34. The third kappa shape index (κ3) is 6.90. The Morgan fingerprint density at radius 3 is 2.60 bits per heavy atom. The van der Waals surface area contributed by atoms with E-state index in [2.05, 4.69) is 17.1 Å². The van der Waals surface area contributed by atoms with Crippen LogP contribution in [0.1, 0.15) is 33.1 Å². The van der Waals surface area contributed by atoms with Crippen LogP contribution in [0.2, 0.25) is 0 Å². The van der Waals surface area contributed by atoms with Crippen LogP contribution in [0.15, 0.2) is 29.3 Å². The van der Waals surface area contributed by atoms with Crippen LogP contribution < -0.4 is 10.1 Å². The average molecular weight is 351 g/mol. The van der Waals surface area contributed by atoms with Gasteiger partial charge >= 0.3 is 0 Å². The smallest absolute Gasteiger partial charge is 0.193 e. The predicted octanol–water partition coefficient (Wildman–Crippen LogP) is 3.06. The Morgan fingerprint density at radius 2 is 1.96 bits per heavy atom. The highest BCUT2D eigenvalue weighted by Crippen LogP contribution is 2.14. The molecular formula is C19H30FN3O2. The van der Waals surface area contributed by atoms with Gasteiger partial charge in [0.15, 0.2) is 5.96 Å². The highest BCUT2D eigenvalue weighted by molar-refractivity contribution is 5.80. The monoisotopic (exact) mass is 351 g/mol. The number of hydrogen-bond acceptors (Lipinski definition) is 3. The molecule has 140 valence electrons. The Kier molecular flexibility index (Phi) is 8.52. The van der Waals surface area contributed by atoms with Gasteiger partial charge in [-0.05, 0) is 51.0 Å². The van der Waals surface area contributed by atoms with E-state index in [1.165, 1.54) is 12.1 Å². The lowest BCUT2D eigenvalue weighted by Crippen LogP contribution is -2.47. The molecule has 0 radical (unpaired) electrons. The summed E-state index contributed by atoms with van der Waals surface area (Å²) in [6.07, 6.45) is 3.30. The van der Waals surface area contributed by atoms with E-state index < -0.39 is 0 Å². The molecule has 0 unspecified atom stereocenters. The van der Waals surface area contributed by atoms with Crippen molar-refractivity contribution in [1.82, 2.24) is 10.2 Å². The molecule has 1 heterocycles. The average Bonchev–Trinajstić information content (AvgIpc) is 2.63. The van der Waals surface area contributed by atoms with Crippen molar-refractivity contribution in [2.24, 2.45) is 4.99 Å². The summed E-state index contributed by atoms with van der Waals surface area (Å²) < 4.78 is 24.2. The molecule has 0 atom stereocenters. The first-order valence-electron chi connectivity index (χ1n) is 9.26. The maximum atomic E-state index is 12.8. The van der Waals surface area contributed by atoms with Crippen LogP contribution in [-0.2, 0) is 4.74 Å². The molecule has 1 aliphatic heterocycles. The van der Waals surface area contributed by atoms with Gasteiger partial charge in [0.25, 0.3) is 0 Å². The van der Waals surface area contributed by atoms with Crippen molar-refractivity contribution in [2.45, 2.75) is 39.2 Å². The Labute approximate surface area is 150 Å². The van der Waals surface area contributed by atoms with Gasteiger partial charge in [-0.25, -0.2) is 4.39 Å². The molecule has 0 bridgehead atoms. The molecule has 5 nitrogen and oxygen atoms in total. The Bertz CT molecular complexity index is 514. The van der Waals surface area contributed by atoms with Gasteiger partial charge in [-0.3, -0.25) is 4.99 Å². The van der Waals surface area contributed by atoms with E-state index in [1.54, 1.807) is 12.1 Å². The largest absolute Gasteiger partial charge is 0.494 e. The normalized spacial score (nSPS) is 16.1. The molecule has 0 spiro atoms. The van der Waals surface area contributed by atoms with E-state index in [-0.39, 0.29) is 5.82 Å². The Morgan fingerprint density at radius 1 is 1.24 bits per heavy atom. The number of nitrogens with one attached hydrogen (secondary N) is 1. The second-order valence-electron chi connectivity index (χ2n) is 6.03. The molecule has 0 aliphatic carbocycles. The summed E-state index contributed by atoms with van der Waals surface area (Å²) in [5.74, 6) is 1.41. The SMILES string of the molecule is CCNC(=NCCCOc1ccc(F)cc1)N1CCC(OCC)CC1. The quantitative estimate of drug-likeness (QED) is 0.444. The van der Waals surface area contributed by atoms with Gasteiger partial charge in [-0.15, -0.1) is 0 Å². The second-order valence-corrected chi connectivity index (χ2v) is 6.03. The number of halogens is 1. The van der Waals surface area contributed by atoms with Gasteiger partial charge in [0, 0.05) is 39.2 Å². The number of rotatable bonds is 8. The van der Waals surface area contributed by atoms with Gasteiger partial charge in [0.05, 0.1) is 12.7 Å². The number of guanidine groups is 1. The fraction of sp³-hybridized carbons (Fsp3) is 0.632. The van der Waals surface area contributed by atoms with Gasteiger partial charge in [0.2, 0.25) is 0 Å². The van der Waals surface area contributed by atoms with Crippen LogP contribution in [-0.4, -0.2) is 56.4 Å². The van der Waals surface area contributed by atoms with E-state index in [1.807, 2.05) is 6.92 Å². The zero-order chi connectivity index (χ0) is 17.9. The number of nitrogens with zero attached hydrogens (tertiary/aromatic N) is 2. The topological polar surface area (TPSA) is 46.1 Å². The van der Waals surface area contributed by atoms with Crippen molar-refractivity contribution >= 4 is 5.96 Å². The van der Waals surface area contributed by atoms with Crippen LogP contribution in [0.3, 0.4) is 0 Å². The summed E-state index contributed by atoms with van der Waals surface area (Å²) in [4.78, 5) is 7.01. The first kappa shape index (κ1) is 19.5. The molecule has 0 aromatic heterocycles. The summed E-state index contributed by atoms with van der Waals surface area (Å²) in [6.45, 7) is 9.00. The minimum absolute atomic E-state index is 0.250. The molecular weight excluding hydrogens is 321 g/mol.